The highest BCUT2D eigenvalue weighted by atomic mass is 32.1. The molecule has 5 N–H and O–H groups in total. The van der Waals surface area contributed by atoms with E-state index in [9.17, 15) is 4.79 Å². The molecule has 14 heavy (non-hydrogen) atoms. The van der Waals surface area contributed by atoms with Crippen molar-refractivity contribution >= 4 is 22.4 Å². The molecular formula is C8H14N4OS. The molecule has 0 aromatic carbocycles. The fourth-order valence-electron chi connectivity index (χ4n) is 0.954. The van der Waals surface area contributed by atoms with E-state index in [-0.39, 0.29) is 5.91 Å². The van der Waals surface area contributed by atoms with Crippen molar-refractivity contribution in [2.75, 3.05) is 18.8 Å². The van der Waals surface area contributed by atoms with Gasteiger partial charge in [-0.1, -0.05) is 0 Å². The Morgan fingerprint density at radius 3 is 2.93 bits per heavy atom. The monoisotopic (exact) mass is 214 g/mol. The van der Waals surface area contributed by atoms with E-state index < -0.39 is 0 Å². The van der Waals surface area contributed by atoms with Crippen molar-refractivity contribution in [2.45, 2.75) is 12.8 Å². The molecule has 0 aliphatic carbocycles. The van der Waals surface area contributed by atoms with Crippen LogP contribution in [0.4, 0.5) is 5.13 Å². The summed E-state index contributed by atoms with van der Waals surface area (Å²) in [7, 11) is 0. The number of carbonyl (C=O) groups is 1. The number of hydrogen-bond donors (Lipinski definition) is 3. The maximum absolute atomic E-state index is 11.4. The summed E-state index contributed by atoms with van der Waals surface area (Å²) in [6.45, 7) is 1.28. The third-order valence-corrected chi connectivity index (χ3v) is 2.34. The van der Waals surface area contributed by atoms with Crippen LogP contribution in [0.2, 0.25) is 0 Å². The molecule has 1 heterocycles. The van der Waals surface area contributed by atoms with E-state index in [2.05, 4.69) is 10.3 Å². The lowest BCUT2D eigenvalue weighted by Crippen LogP contribution is -2.25. The molecule has 5 nitrogen and oxygen atoms in total. The second-order valence-electron chi connectivity index (χ2n) is 2.82. The number of nitrogens with zero attached hydrogens (tertiary/aromatic N) is 1. The highest BCUT2D eigenvalue weighted by molar-refractivity contribution is 7.13. The zero-order chi connectivity index (χ0) is 10.4. The van der Waals surface area contributed by atoms with E-state index in [0.29, 0.717) is 23.9 Å². The molecule has 0 unspecified atom stereocenters. The van der Waals surface area contributed by atoms with Crippen molar-refractivity contribution in [1.29, 1.82) is 0 Å². The van der Waals surface area contributed by atoms with Gasteiger partial charge in [-0.3, -0.25) is 4.79 Å². The summed E-state index contributed by atoms with van der Waals surface area (Å²) in [5.41, 5.74) is 11.1. The van der Waals surface area contributed by atoms with Gasteiger partial charge >= 0.3 is 0 Å². The number of rotatable bonds is 5. The van der Waals surface area contributed by atoms with Crippen LogP contribution in [-0.2, 0) is 0 Å². The molecule has 78 valence electrons. The van der Waals surface area contributed by atoms with Crippen LogP contribution in [0.3, 0.4) is 0 Å². The molecule has 0 spiro atoms. The van der Waals surface area contributed by atoms with Crippen LogP contribution >= 0.6 is 11.3 Å². The summed E-state index contributed by atoms with van der Waals surface area (Å²) in [5.74, 6) is -0.171. The first-order chi connectivity index (χ1) is 6.74. The summed E-state index contributed by atoms with van der Waals surface area (Å²) >= 11 is 1.26. The quantitative estimate of drug-likeness (QED) is 0.610. The number of amides is 1. The lowest BCUT2D eigenvalue weighted by atomic mass is 10.3. The Morgan fingerprint density at radius 2 is 2.36 bits per heavy atom. The predicted octanol–water partition coefficient (Wildman–Crippen LogP) is 0.194. The minimum Gasteiger partial charge on any atom is -0.375 e. The normalized spacial score (nSPS) is 10.1. The minimum atomic E-state index is -0.171. The average Bonchev–Trinajstić information content (AvgIpc) is 2.59. The van der Waals surface area contributed by atoms with Gasteiger partial charge in [0, 0.05) is 11.9 Å². The Labute approximate surface area is 86.5 Å². The van der Waals surface area contributed by atoms with Gasteiger partial charge in [-0.05, 0) is 19.4 Å². The summed E-state index contributed by atoms with van der Waals surface area (Å²) < 4.78 is 0. The molecule has 0 bridgehead atoms. The fraction of sp³-hybridized carbons (Fsp3) is 0.500. The molecule has 1 aromatic heterocycles. The van der Waals surface area contributed by atoms with Crippen molar-refractivity contribution in [3.8, 4) is 0 Å². The number of thiazole rings is 1. The third-order valence-electron chi connectivity index (χ3n) is 1.67. The Kier molecular flexibility index (Phi) is 4.34. The first-order valence-electron chi connectivity index (χ1n) is 4.43. The van der Waals surface area contributed by atoms with Crippen LogP contribution < -0.4 is 16.8 Å². The number of unbranched alkanes of at least 4 members (excludes halogenated alkanes) is 1. The van der Waals surface area contributed by atoms with Crippen LogP contribution in [0.5, 0.6) is 0 Å². The Hall–Kier alpha value is -1.14. The van der Waals surface area contributed by atoms with E-state index in [1.54, 1.807) is 5.38 Å². The zero-order valence-corrected chi connectivity index (χ0v) is 8.64. The largest absolute Gasteiger partial charge is 0.375 e. The standard InChI is InChI=1S/C8H14N4OS/c9-3-1-2-4-11-7(13)6-5-14-8(10)12-6/h5H,1-4,9H2,(H2,10,12)(H,11,13). The van der Waals surface area contributed by atoms with Gasteiger partial charge in [0.1, 0.15) is 5.69 Å². The molecule has 0 fully saturated rings. The second-order valence-corrected chi connectivity index (χ2v) is 3.71. The number of nitrogen functional groups attached to an aromatic ring is 1. The zero-order valence-electron chi connectivity index (χ0n) is 7.82. The van der Waals surface area contributed by atoms with Crippen molar-refractivity contribution in [1.82, 2.24) is 10.3 Å². The van der Waals surface area contributed by atoms with Crippen LogP contribution in [0, 0.1) is 0 Å². The molecule has 0 saturated heterocycles. The van der Waals surface area contributed by atoms with Gasteiger partial charge in [0.15, 0.2) is 5.13 Å². The van der Waals surface area contributed by atoms with Crippen LogP contribution in [0.1, 0.15) is 23.3 Å². The maximum Gasteiger partial charge on any atom is 0.270 e. The average molecular weight is 214 g/mol. The second kappa shape index (κ2) is 5.56. The molecule has 1 aromatic rings. The number of hydrogen-bond acceptors (Lipinski definition) is 5. The first-order valence-corrected chi connectivity index (χ1v) is 5.31. The van der Waals surface area contributed by atoms with E-state index >= 15 is 0 Å². The van der Waals surface area contributed by atoms with Gasteiger partial charge in [0.05, 0.1) is 0 Å². The van der Waals surface area contributed by atoms with Crippen molar-refractivity contribution in [3.63, 3.8) is 0 Å². The topological polar surface area (TPSA) is 94.0 Å². The van der Waals surface area contributed by atoms with Crippen molar-refractivity contribution < 1.29 is 4.79 Å². The van der Waals surface area contributed by atoms with Crippen LogP contribution in [-0.4, -0.2) is 24.0 Å². The van der Waals surface area contributed by atoms with Crippen LogP contribution in [0.15, 0.2) is 5.38 Å². The molecule has 0 saturated carbocycles. The number of nitrogens with two attached hydrogens (primary N) is 2. The van der Waals surface area contributed by atoms with E-state index in [1.165, 1.54) is 11.3 Å². The molecule has 0 aliphatic heterocycles. The number of carbonyl (C=O) groups excluding carboxylic acids is 1. The highest BCUT2D eigenvalue weighted by Gasteiger charge is 2.07. The molecular weight excluding hydrogens is 200 g/mol. The molecule has 1 amide bonds. The summed E-state index contributed by atoms with van der Waals surface area (Å²) in [5, 5.41) is 4.80. The first kappa shape index (κ1) is 10.9. The lowest BCUT2D eigenvalue weighted by Gasteiger charge is -2.01. The van der Waals surface area contributed by atoms with Gasteiger partial charge in [0.2, 0.25) is 0 Å². The van der Waals surface area contributed by atoms with Crippen molar-refractivity contribution in [2.24, 2.45) is 5.73 Å². The summed E-state index contributed by atoms with van der Waals surface area (Å²) in [6.07, 6.45) is 1.81. The molecule has 6 heteroatoms. The van der Waals surface area contributed by atoms with Gasteiger partial charge in [0.25, 0.3) is 5.91 Å². The third kappa shape index (κ3) is 3.31. The lowest BCUT2D eigenvalue weighted by molar-refractivity contribution is 0.0949. The Balaban J connectivity index is 2.29. The van der Waals surface area contributed by atoms with Gasteiger partial charge in [-0.15, -0.1) is 11.3 Å². The fourth-order valence-corrected chi connectivity index (χ4v) is 1.50. The summed E-state index contributed by atoms with van der Waals surface area (Å²) in [4.78, 5) is 15.2. The molecule has 0 aliphatic rings. The SMILES string of the molecule is NCCCCNC(=O)c1csc(N)n1. The maximum atomic E-state index is 11.4. The Bertz CT molecular complexity index is 299. The number of aromatic nitrogens is 1. The van der Waals surface area contributed by atoms with Gasteiger partial charge < -0.3 is 16.8 Å². The van der Waals surface area contributed by atoms with Gasteiger partial charge in [-0.2, -0.15) is 0 Å². The van der Waals surface area contributed by atoms with E-state index in [0.717, 1.165) is 12.8 Å². The summed E-state index contributed by atoms with van der Waals surface area (Å²) in [6, 6.07) is 0. The number of anilines is 1. The number of nitrogens with one attached hydrogen (secondary N) is 1. The molecule has 0 atom stereocenters. The van der Waals surface area contributed by atoms with Crippen molar-refractivity contribution in [3.05, 3.63) is 11.1 Å². The van der Waals surface area contributed by atoms with E-state index in [1.807, 2.05) is 0 Å². The molecule has 0 radical (unpaired) electrons. The highest BCUT2D eigenvalue weighted by Crippen LogP contribution is 2.10. The minimum absolute atomic E-state index is 0.171. The van der Waals surface area contributed by atoms with Crippen LogP contribution in [0.25, 0.3) is 0 Å². The smallest absolute Gasteiger partial charge is 0.270 e. The predicted molar refractivity (Wildman–Crippen MR) is 57.1 cm³/mol. The van der Waals surface area contributed by atoms with E-state index in [4.69, 9.17) is 11.5 Å². The van der Waals surface area contributed by atoms with Gasteiger partial charge in [-0.25, -0.2) is 4.98 Å². The Morgan fingerprint density at radius 1 is 1.57 bits per heavy atom. The molecule has 1 rings (SSSR count).